The molecule has 1 aliphatic rings. The Morgan fingerprint density at radius 1 is 1.25 bits per heavy atom. The van der Waals surface area contributed by atoms with E-state index in [0.717, 1.165) is 19.5 Å². The van der Waals surface area contributed by atoms with Gasteiger partial charge in [0.25, 0.3) is 0 Å². The van der Waals surface area contributed by atoms with Gasteiger partial charge in [-0.2, -0.15) is 0 Å². The number of aliphatic hydroxyl groups is 1. The summed E-state index contributed by atoms with van der Waals surface area (Å²) in [7, 11) is -0.561. The number of rotatable bonds is 3. The molecule has 0 aromatic rings. The van der Waals surface area contributed by atoms with Gasteiger partial charge in [0.1, 0.15) is 0 Å². The highest BCUT2D eigenvalue weighted by Crippen LogP contribution is 2.30. The molecule has 0 aromatic carbocycles. The van der Waals surface area contributed by atoms with Crippen molar-refractivity contribution < 1.29 is 9.53 Å². The maximum Gasteiger partial charge on any atom is 0.167 e. The fourth-order valence-electron chi connectivity index (χ4n) is 2.06. The largest absolute Gasteiger partial charge is 0.418 e. The van der Waals surface area contributed by atoms with Gasteiger partial charge in [-0.15, -0.1) is 0 Å². The summed E-state index contributed by atoms with van der Waals surface area (Å²) >= 11 is 0. The van der Waals surface area contributed by atoms with Gasteiger partial charge in [0, 0.05) is 12.5 Å². The van der Waals surface area contributed by atoms with Crippen LogP contribution in [0.4, 0.5) is 0 Å². The second-order valence-electron chi connectivity index (χ2n) is 6.62. The summed E-state index contributed by atoms with van der Waals surface area (Å²) in [5.41, 5.74) is -0.202. The molecule has 0 aromatic heterocycles. The standard InChI is InChI=1S/C12H27NO2Si/c1-11(2,3)16-15-12(4,5)9-8-13-7-6-10(9)14/h9-10,13-14H,6-8,16H2,1-5H3. The first kappa shape index (κ1) is 14.2. The van der Waals surface area contributed by atoms with Crippen molar-refractivity contribution in [2.75, 3.05) is 13.1 Å². The predicted molar refractivity (Wildman–Crippen MR) is 70.4 cm³/mol. The Labute approximate surface area is 102 Å². The number of hydrogen-bond donors (Lipinski definition) is 2. The zero-order valence-corrected chi connectivity index (χ0v) is 12.8. The molecular weight excluding hydrogens is 218 g/mol. The normalized spacial score (nSPS) is 28.9. The van der Waals surface area contributed by atoms with E-state index in [4.69, 9.17) is 4.43 Å². The lowest BCUT2D eigenvalue weighted by molar-refractivity contribution is -0.0423. The van der Waals surface area contributed by atoms with E-state index in [9.17, 15) is 5.11 Å². The van der Waals surface area contributed by atoms with Crippen LogP contribution in [-0.4, -0.2) is 39.7 Å². The van der Waals surface area contributed by atoms with Crippen molar-refractivity contribution in [3.05, 3.63) is 0 Å². The molecule has 1 rings (SSSR count). The van der Waals surface area contributed by atoms with Gasteiger partial charge in [-0.3, -0.25) is 0 Å². The van der Waals surface area contributed by atoms with E-state index in [2.05, 4.69) is 39.9 Å². The van der Waals surface area contributed by atoms with Gasteiger partial charge < -0.3 is 14.8 Å². The van der Waals surface area contributed by atoms with Gasteiger partial charge >= 0.3 is 0 Å². The van der Waals surface area contributed by atoms with Crippen molar-refractivity contribution in [3.8, 4) is 0 Å². The van der Waals surface area contributed by atoms with E-state index in [1.165, 1.54) is 0 Å². The molecule has 0 saturated carbocycles. The summed E-state index contributed by atoms with van der Waals surface area (Å²) in [6, 6.07) is 0. The minimum atomic E-state index is -0.561. The van der Waals surface area contributed by atoms with E-state index in [1.807, 2.05) is 0 Å². The first-order valence-corrected chi connectivity index (χ1v) is 7.53. The van der Waals surface area contributed by atoms with Gasteiger partial charge in [-0.05, 0) is 31.9 Å². The first-order chi connectivity index (χ1) is 7.22. The number of aliphatic hydroxyl groups excluding tert-OH is 1. The molecule has 2 unspecified atom stereocenters. The fourth-order valence-corrected chi connectivity index (χ4v) is 3.08. The SMILES string of the molecule is CC(C)(C)[SiH2]OC(C)(C)C1CNCCC1O. The third kappa shape index (κ3) is 4.16. The zero-order chi connectivity index (χ0) is 12.4. The molecule has 1 saturated heterocycles. The molecule has 1 heterocycles. The van der Waals surface area contributed by atoms with Crippen LogP contribution in [0.25, 0.3) is 0 Å². The van der Waals surface area contributed by atoms with Crippen molar-refractivity contribution in [2.24, 2.45) is 5.92 Å². The lowest BCUT2D eigenvalue weighted by Crippen LogP contribution is -2.52. The number of hydrogen-bond acceptors (Lipinski definition) is 3. The minimum Gasteiger partial charge on any atom is -0.418 e. The third-order valence-electron chi connectivity index (χ3n) is 3.22. The van der Waals surface area contributed by atoms with Gasteiger partial charge in [0.05, 0.1) is 11.7 Å². The predicted octanol–water partition coefficient (Wildman–Crippen LogP) is 1.05. The van der Waals surface area contributed by atoms with Crippen LogP contribution in [0.1, 0.15) is 41.0 Å². The average molecular weight is 245 g/mol. The number of nitrogens with one attached hydrogen (secondary N) is 1. The highest BCUT2D eigenvalue weighted by atomic mass is 28.2. The molecule has 0 bridgehead atoms. The molecule has 2 atom stereocenters. The van der Waals surface area contributed by atoms with Crippen molar-refractivity contribution >= 4 is 9.76 Å². The summed E-state index contributed by atoms with van der Waals surface area (Å²) in [4.78, 5) is 0. The monoisotopic (exact) mass is 245 g/mol. The van der Waals surface area contributed by atoms with Crippen LogP contribution < -0.4 is 5.32 Å². The molecule has 3 nitrogen and oxygen atoms in total. The fraction of sp³-hybridized carbons (Fsp3) is 1.00. The molecule has 4 heteroatoms. The van der Waals surface area contributed by atoms with Gasteiger partial charge in [0.2, 0.25) is 0 Å². The lowest BCUT2D eigenvalue weighted by atomic mass is 9.83. The summed E-state index contributed by atoms with van der Waals surface area (Å²) in [5, 5.41) is 13.7. The summed E-state index contributed by atoms with van der Waals surface area (Å²) in [6.45, 7) is 12.7. The molecule has 96 valence electrons. The quantitative estimate of drug-likeness (QED) is 0.731. The van der Waals surface area contributed by atoms with Crippen LogP contribution >= 0.6 is 0 Å². The molecule has 0 amide bonds. The molecule has 2 N–H and O–H groups in total. The van der Waals surface area contributed by atoms with Gasteiger partial charge in [0.15, 0.2) is 9.76 Å². The minimum absolute atomic E-state index is 0.202. The highest BCUT2D eigenvalue weighted by Gasteiger charge is 2.37. The third-order valence-corrected chi connectivity index (χ3v) is 4.97. The van der Waals surface area contributed by atoms with E-state index >= 15 is 0 Å². The molecule has 16 heavy (non-hydrogen) atoms. The highest BCUT2D eigenvalue weighted by molar-refractivity contribution is 6.31. The second kappa shape index (κ2) is 5.17. The van der Waals surface area contributed by atoms with Crippen LogP contribution in [0.15, 0.2) is 0 Å². The Hall–Kier alpha value is 0.0969. The molecular formula is C12H27NO2Si. The van der Waals surface area contributed by atoms with Gasteiger partial charge in [-0.25, -0.2) is 0 Å². The molecule has 0 spiro atoms. The Morgan fingerprint density at radius 2 is 1.88 bits per heavy atom. The van der Waals surface area contributed by atoms with Crippen LogP contribution in [0.5, 0.6) is 0 Å². The summed E-state index contributed by atoms with van der Waals surface area (Å²) < 4.78 is 6.14. The Morgan fingerprint density at radius 3 is 2.38 bits per heavy atom. The Balaban J connectivity index is 2.54. The Bertz CT molecular complexity index is 226. The topological polar surface area (TPSA) is 41.5 Å². The molecule has 1 aliphatic heterocycles. The Kier molecular flexibility index (Phi) is 4.57. The van der Waals surface area contributed by atoms with E-state index in [0.29, 0.717) is 5.04 Å². The zero-order valence-electron chi connectivity index (χ0n) is 11.3. The van der Waals surface area contributed by atoms with Crippen LogP contribution in [0.2, 0.25) is 5.04 Å². The van der Waals surface area contributed by atoms with Crippen molar-refractivity contribution in [2.45, 2.75) is 57.8 Å². The van der Waals surface area contributed by atoms with Crippen LogP contribution in [-0.2, 0) is 4.43 Å². The maximum atomic E-state index is 10.0. The van der Waals surface area contributed by atoms with Crippen LogP contribution in [0, 0.1) is 5.92 Å². The lowest BCUT2D eigenvalue weighted by Gasteiger charge is -2.41. The van der Waals surface area contributed by atoms with Crippen LogP contribution in [0.3, 0.4) is 0 Å². The molecule has 0 aliphatic carbocycles. The van der Waals surface area contributed by atoms with Gasteiger partial charge in [-0.1, -0.05) is 20.8 Å². The summed E-state index contributed by atoms with van der Waals surface area (Å²) in [6.07, 6.45) is 0.624. The molecule has 0 radical (unpaired) electrons. The number of piperidine rings is 1. The first-order valence-electron chi connectivity index (χ1n) is 6.25. The second-order valence-corrected chi connectivity index (χ2v) is 9.32. The van der Waals surface area contributed by atoms with E-state index in [-0.39, 0.29) is 17.6 Å². The molecule has 1 fully saturated rings. The van der Waals surface area contributed by atoms with Crippen molar-refractivity contribution in [1.29, 1.82) is 0 Å². The van der Waals surface area contributed by atoms with E-state index < -0.39 is 9.76 Å². The van der Waals surface area contributed by atoms with Crippen molar-refractivity contribution in [1.82, 2.24) is 5.32 Å². The van der Waals surface area contributed by atoms with E-state index in [1.54, 1.807) is 0 Å². The average Bonchev–Trinajstić information content (AvgIpc) is 2.14. The van der Waals surface area contributed by atoms with Crippen molar-refractivity contribution in [3.63, 3.8) is 0 Å². The maximum absolute atomic E-state index is 10.0. The smallest absolute Gasteiger partial charge is 0.167 e. The summed E-state index contributed by atoms with van der Waals surface area (Å²) in [5.74, 6) is 0.219.